The smallest absolute Gasteiger partial charge is 0.255 e. The summed E-state index contributed by atoms with van der Waals surface area (Å²) in [6.07, 6.45) is 0.00251. The summed E-state index contributed by atoms with van der Waals surface area (Å²) in [7, 11) is 0. The molecule has 18 heavy (non-hydrogen) atoms. The van der Waals surface area contributed by atoms with Crippen LogP contribution in [-0.4, -0.2) is 18.8 Å². The number of nitrogens with one attached hydrogen (secondary N) is 1. The third-order valence-corrected chi connectivity index (χ3v) is 4.18. The number of carbonyl (C=O) groups is 1. The quantitative estimate of drug-likeness (QED) is 0.781. The molecule has 1 saturated carbocycles. The first-order valence-corrected chi connectivity index (χ1v) is 6.83. The molecule has 0 radical (unpaired) electrons. The summed E-state index contributed by atoms with van der Waals surface area (Å²) in [5.41, 5.74) is 7.35. The molecule has 2 rings (SSSR count). The minimum absolute atomic E-state index is 0.0236. The summed E-state index contributed by atoms with van der Waals surface area (Å²) in [4.78, 5) is 12.2. The van der Waals surface area contributed by atoms with Crippen LogP contribution in [0.25, 0.3) is 0 Å². The molecule has 1 aliphatic carbocycles. The third-order valence-electron chi connectivity index (χ3n) is 2.96. The molecule has 1 aromatic rings. The van der Waals surface area contributed by atoms with Crippen molar-refractivity contribution >= 4 is 27.8 Å². The molecule has 0 unspecified atom stereocenters. The molecule has 100 valence electrons. The molecule has 6 heteroatoms. The number of Topliss-reactive ketones (excluding diaryl/α,β-unsaturated/α-hetero) is 1. The standard InChI is InChI=1S/C12H16F2N2OS/c1-2-7(17)11-10(15)9(6-3-4-6)12(18-11)16-5-8(13)14/h6,8,16H,2-5,15H2,1H3. The highest BCUT2D eigenvalue weighted by molar-refractivity contribution is 7.18. The van der Waals surface area contributed by atoms with Crippen molar-refractivity contribution in [2.24, 2.45) is 0 Å². The van der Waals surface area contributed by atoms with Crippen molar-refractivity contribution in [2.45, 2.75) is 38.5 Å². The summed E-state index contributed by atoms with van der Waals surface area (Å²) in [5.74, 6) is 0.310. The second-order valence-corrected chi connectivity index (χ2v) is 5.43. The number of anilines is 2. The van der Waals surface area contributed by atoms with Crippen LogP contribution in [0, 0.1) is 0 Å². The Kier molecular flexibility index (Phi) is 3.85. The van der Waals surface area contributed by atoms with Crippen LogP contribution < -0.4 is 11.1 Å². The Morgan fingerprint density at radius 2 is 2.22 bits per heavy atom. The maximum atomic E-state index is 12.2. The first-order valence-electron chi connectivity index (χ1n) is 6.02. The van der Waals surface area contributed by atoms with Gasteiger partial charge in [-0.1, -0.05) is 6.92 Å². The molecular weight excluding hydrogens is 258 g/mol. The van der Waals surface area contributed by atoms with Gasteiger partial charge in [-0.3, -0.25) is 4.79 Å². The van der Waals surface area contributed by atoms with Crippen molar-refractivity contribution < 1.29 is 13.6 Å². The molecule has 1 heterocycles. The van der Waals surface area contributed by atoms with Crippen LogP contribution in [0.15, 0.2) is 0 Å². The Hall–Kier alpha value is -1.17. The van der Waals surface area contributed by atoms with E-state index in [1.54, 1.807) is 6.92 Å². The number of nitrogen functional groups attached to an aromatic ring is 1. The van der Waals surface area contributed by atoms with Gasteiger partial charge in [-0.15, -0.1) is 11.3 Å². The van der Waals surface area contributed by atoms with Crippen LogP contribution in [0.4, 0.5) is 19.5 Å². The lowest BCUT2D eigenvalue weighted by atomic mass is 10.1. The first-order chi connectivity index (χ1) is 8.54. The number of thiophene rings is 1. The molecule has 1 aliphatic rings. The fourth-order valence-electron chi connectivity index (χ4n) is 1.90. The highest BCUT2D eigenvalue weighted by Crippen LogP contribution is 2.51. The minimum atomic E-state index is -2.41. The highest BCUT2D eigenvalue weighted by atomic mass is 32.1. The van der Waals surface area contributed by atoms with Gasteiger partial charge in [0.25, 0.3) is 6.43 Å². The second-order valence-electron chi connectivity index (χ2n) is 4.41. The van der Waals surface area contributed by atoms with Gasteiger partial charge in [0.15, 0.2) is 5.78 Å². The molecule has 0 amide bonds. The van der Waals surface area contributed by atoms with Gasteiger partial charge < -0.3 is 11.1 Å². The number of hydrogen-bond donors (Lipinski definition) is 2. The van der Waals surface area contributed by atoms with Crippen molar-refractivity contribution in [3.8, 4) is 0 Å². The average Bonchev–Trinajstić information content (AvgIpc) is 3.10. The summed E-state index contributed by atoms with van der Waals surface area (Å²) in [6, 6.07) is 0. The van der Waals surface area contributed by atoms with E-state index >= 15 is 0 Å². The molecule has 0 atom stereocenters. The van der Waals surface area contributed by atoms with Gasteiger partial charge >= 0.3 is 0 Å². The molecule has 1 aromatic heterocycles. The zero-order valence-electron chi connectivity index (χ0n) is 10.1. The first kappa shape index (κ1) is 13.3. The number of rotatable bonds is 6. The summed E-state index contributed by atoms with van der Waals surface area (Å²) >= 11 is 1.21. The van der Waals surface area contributed by atoms with Gasteiger partial charge in [-0.05, 0) is 18.8 Å². The van der Waals surface area contributed by atoms with Gasteiger partial charge in [0, 0.05) is 12.0 Å². The van der Waals surface area contributed by atoms with E-state index in [1.165, 1.54) is 11.3 Å². The number of carbonyl (C=O) groups excluding carboxylic acids is 1. The van der Waals surface area contributed by atoms with E-state index in [9.17, 15) is 13.6 Å². The molecule has 3 N–H and O–H groups in total. The van der Waals surface area contributed by atoms with E-state index in [-0.39, 0.29) is 5.78 Å². The van der Waals surface area contributed by atoms with Crippen LogP contribution in [0.2, 0.25) is 0 Å². The molecule has 0 bridgehead atoms. The Labute approximate surface area is 108 Å². The zero-order chi connectivity index (χ0) is 13.3. The predicted octanol–water partition coefficient (Wildman–Crippen LogP) is 3.48. The van der Waals surface area contributed by atoms with Crippen molar-refractivity contribution in [1.82, 2.24) is 0 Å². The molecule has 0 spiro atoms. The Bertz CT molecular complexity index is 455. The van der Waals surface area contributed by atoms with E-state index in [1.807, 2.05) is 0 Å². The second kappa shape index (κ2) is 5.22. The normalized spacial score (nSPS) is 15.1. The fraction of sp³-hybridized carbons (Fsp3) is 0.583. The van der Waals surface area contributed by atoms with E-state index in [0.29, 0.717) is 27.9 Å². The van der Waals surface area contributed by atoms with Crippen LogP contribution in [-0.2, 0) is 0 Å². The Morgan fingerprint density at radius 3 is 2.72 bits per heavy atom. The van der Waals surface area contributed by atoms with Crippen molar-refractivity contribution in [3.05, 3.63) is 10.4 Å². The number of nitrogens with two attached hydrogens (primary N) is 1. The summed E-state index contributed by atoms with van der Waals surface area (Å²) in [6.45, 7) is 1.37. The molecule has 0 aromatic carbocycles. The topological polar surface area (TPSA) is 55.1 Å². The van der Waals surface area contributed by atoms with Gasteiger partial charge in [0.05, 0.1) is 22.1 Å². The van der Waals surface area contributed by atoms with Crippen molar-refractivity contribution in [1.29, 1.82) is 0 Å². The zero-order valence-corrected chi connectivity index (χ0v) is 10.9. The van der Waals surface area contributed by atoms with Crippen LogP contribution in [0.5, 0.6) is 0 Å². The Morgan fingerprint density at radius 1 is 1.56 bits per heavy atom. The lowest BCUT2D eigenvalue weighted by Gasteiger charge is -2.06. The van der Waals surface area contributed by atoms with E-state index in [0.717, 1.165) is 18.4 Å². The van der Waals surface area contributed by atoms with E-state index < -0.39 is 13.0 Å². The number of hydrogen-bond acceptors (Lipinski definition) is 4. The Balaban J connectivity index is 2.29. The molecule has 3 nitrogen and oxygen atoms in total. The van der Waals surface area contributed by atoms with E-state index in [2.05, 4.69) is 5.32 Å². The van der Waals surface area contributed by atoms with Crippen LogP contribution in [0.1, 0.15) is 47.3 Å². The predicted molar refractivity (Wildman–Crippen MR) is 69.8 cm³/mol. The lowest BCUT2D eigenvalue weighted by Crippen LogP contribution is -2.10. The SMILES string of the molecule is CCC(=O)c1sc(NCC(F)F)c(C2CC2)c1N. The maximum Gasteiger partial charge on any atom is 0.255 e. The molecule has 0 saturated heterocycles. The number of ketones is 1. The van der Waals surface area contributed by atoms with Gasteiger partial charge in [-0.2, -0.15) is 0 Å². The van der Waals surface area contributed by atoms with Gasteiger partial charge in [0.2, 0.25) is 0 Å². The fourth-order valence-corrected chi connectivity index (χ4v) is 3.13. The van der Waals surface area contributed by atoms with Crippen molar-refractivity contribution in [2.75, 3.05) is 17.6 Å². The largest absolute Gasteiger partial charge is 0.397 e. The monoisotopic (exact) mass is 274 g/mol. The highest BCUT2D eigenvalue weighted by Gasteiger charge is 2.32. The summed E-state index contributed by atoms with van der Waals surface area (Å²) in [5, 5.41) is 3.36. The third kappa shape index (κ3) is 2.63. The molecule has 1 fully saturated rings. The van der Waals surface area contributed by atoms with Crippen LogP contribution in [0.3, 0.4) is 0 Å². The maximum absolute atomic E-state index is 12.2. The lowest BCUT2D eigenvalue weighted by molar-refractivity contribution is 0.0992. The number of alkyl halides is 2. The minimum Gasteiger partial charge on any atom is -0.397 e. The van der Waals surface area contributed by atoms with Gasteiger partial charge in [0.1, 0.15) is 0 Å². The molecular formula is C12H16F2N2OS. The van der Waals surface area contributed by atoms with Crippen LogP contribution >= 0.6 is 11.3 Å². The number of halogens is 2. The van der Waals surface area contributed by atoms with E-state index in [4.69, 9.17) is 5.73 Å². The average molecular weight is 274 g/mol. The molecule has 0 aliphatic heterocycles. The summed E-state index contributed by atoms with van der Waals surface area (Å²) < 4.78 is 24.5. The van der Waals surface area contributed by atoms with Gasteiger partial charge in [-0.25, -0.2) is 8.78 Å². The van der Waals surface area contributed by atoms with Crippen molar-refractivity contribution in [3.63, 3.8) is 0 Å².